The molecule has 1 aromatic carbocycles. The standard InChI is InChI=1S/C15H11FN2O2/c16-11-3-4-14-13(7-11)10(9-20-14)6-15(19)18-12-2-1-5-17-8-12/h1-5,7-9H,6H2,(H,18,19). The molecule has 0 aliphatic heterocycles. The molecule has 2 aromatic heterocycles. The molecule has 0 aliphatic carbocycles. The largest absolute Gasteiger partial charge is 0.464 e. The quantitative estimate of drug-likeness (QED) is 0.795. The van der Waals surface area contributed by atoms with E-state index in [0.29, 0.717) is 22.2 Å². The van der Waals surface area contributed by atoms with Crippen LogP contribution in [0.1, 0.15) is 5.56 Å². The summed E-state index contributed by atoms with van der Waals surface area (Å²) in [6.45, 7) is 0. The number of carbonyl (C=O) groups excluding carboxylic acids is 1. The Kier molecular flexibility index (Phi) is 3.16. The summed E-state index contributed by atoms with van der Waals surface area (Å²) < 4.78 is 18.5. The fraction of sp³-hybridized carbons (Fsp3) is 0.0667. The van der Waals surface area contributed by atoms with E-state index in [2.05, 4.69) is 10.3 Å². The van der Waals surface area contributed by atoms with Gasteiger partial charge in [-0.2, -0.15) is 0 Å². The van der Waals surface area contributed by atoms with E-state index >= 15 is 0 Å². The van der Waals surface area contributed by atoms with Crippen LogP contribution in [-0.4, -0.2) is 10.9 Å². The zero-order chi connectivity index (χ0) is 13.9. The maximum atomic E-state index is 13.2. The Morgan fingerprint density at radius 3 is 3.05 bits per heavy atom. The van der Waals surface area contributed by atoms with Crippen LogP contribution in [0, 0.1) is 5.82 Å². The van der Waals surface area contributed by atoms with Gasteiger partial charge in [0.15, 0.2) is 0 Å². The first-order chi connectivity index (χ1) is 9.72. The monoisotopic (exact) mass is 270 g/mol. The predicted octanol–water partition coefficient (Wildman–Crippen LogP) is 3.15. The lowest BCUT2D eigenvalue weighted by molar-refractivity contribution is -0.115. The van der Waals surface area contributed by atoms with Crippen molar-refractivity contribution in [2.24, 2.45) is 0 Å². The summed E-state index contributed by atoms with van der Waals surface area (Å²) in [6.07, 6.45) is 4.78. The van der Waals surface area contributed by atoms with E-state index in [1.165, 1.54) is 18.4 Å². The van der Waals surface area contributed by atoms with Crippen LogP contribution >= 0.6 is 0 Å². The Morgan fingerprint density at radius 2 is 2.25 bits per heavy atom. The second kappa shape index (κ2) is 5.13. The van der Waals surface area contributed by atoms with E-state index in [1.807, 2.05) is 0 Å². The van der Waals surface area contributed by atoms with Crippen LogP contribution in [0.5, 0.6) is 0 Å². The Bertz CT molecular complexity index is 753. The van der Waals surface area contributed by atoms with Crippen molar-refractivity contribution in [3.8, 4) is 0 Å². The normalized spacial score (nSPS) is 10.7. The number of halogens is 1. The molecule has 2 heterocycles. The van der Waals surface area contributed by atoms with Gasteiger partial charge < -0.3 is 9.73 Å². The smallest absolute Gasteiger partial charge is 0.228 e. The molecule has 0 radical (unpaired) electrons. The number of anilines is 1. The van der Waals surface area contributed by atoms with Crippen molar-refractivity contribution in [1.82, 2.24) is 4.98 Å². The summed E-state index contributed by atoms with van der Waals surface area (Å²) in [5, 5.41) is 3.34. The molecule has 0 unspecified atom stereocenters. The number of nitrogens with one attached hydrogen (secondary N) is 1. The average Bonchev–Trinajstić information content (AvgIpc) is 2.82. The van der Waals surface area contributed by atoms with Crippen molar-refractivity contribution in [1.29, 1.82) is 0 Å². The number of carbonyl (C=O) groups is 1. The molecule has 0 saturated carbocycles. The van der Waals surface area contributed by atoms with E-state index in [0.717, 1.165) is 0 Å². The molecular formula is C15H11FN2O2. The number of hydrogen-bond donors (Lipinski definition) is 1. The van der Waals surface area contributed by atoms with Crippen molar-refractivity contribution in [3.63, 3.8) is 0 Å². The Morgan fingerprint density at radius 1 is 1.35 bits per heavy atom. The van der Waals surface area contributed by atoms with Crippen LogP contribution in [-0.2, 0) is 11.2 Å². The maximum absolute atomic E-state index is 13.2. The Hall–Kier alpha value is -2.69. The minimum absolute atomic E-state index is 0.116. The van der Waals surface area contributed by atoms with Crippen molar-refractivity contribution < 1.29 is 13.6 Å². The molecule has 0 atom stereocenters. The molecule has 4 nitrogen and oxygen atoms in total. The van der Waals surface area contributed by atoms with E-state index in [4.69, 9.17) is 4.42 Å². The molecule has 0 aliphatic rings. The lowest BCUT2D eigenvalue weighted by Gasteiger charge is -2.03. The third kappa shape index (κ3) is 2.51. The number of amides is 1. The molecule has 3 rings (SSSR count). The second-order valence-electron chi connectivity index (χ2n) is 4.37. The van der Waals surface area contributed by atoms with Gasteiger partial charge in [0.2, 0.25) is 5.91 Å². The molecule has 5 heteroatoms. The number of rotatable bonds is 3. The minimum Gasteiger partial charge on any atom is -0.464 e. The van der Waals surface area contributed by atoms with Gasteiger partial charge in [0, 0.05) is 17.1 Å². The van der Waals surface area contributed by atoms with Crippen LogP contribution in [0.3, 0.4) is 0 Å². The summed E-state index contributed by atoms with van der Waals surface area (Å²) >= 11 is 0. The SMILES string of the molecule is O=C(Cc1coc2ccc(F)cc12)Nc1cccnc1. The summed E-state index contributed by atoms with van der Waals surface area (Å²) in [5.74, 6) is -0.558. The minimum atomic E-state index is -0.354. The summed E-state index contributed by atoms with van der Waals surface area (Å²) in [7, 11) is 0. The van der Waals surface area contributed by atoms with Crippen LogP contribution in [0.25, 0.3) is 11.0 Å². The number of hydrogen-bond acceptors (Lipinski definition) is 3. The molecule has 100 valence electrons. The highest BCUT2D eigenvalue weighted by Gasteiger charge is 2.11. The molecular weight excluding hydrogens is 259 g/mol. The van der Waals surface area contributed by atoms with Gasteiger partial charge in [-0.05, 0) is 30.3 Å². The first-order valence-corrected chi connectivity index (χ1v) is 6.08. The van der Waals surface area contributed by atoms with Crippen molar-refractivity contribution in [2.75, 3.05) is 5.32 Å². The third-order valence-electron chi connectivity index (χ3n) is 2.91. The highest BCUT2D eigenvalue weighted by atomic mass is 19.1. The van der Waals surface area contributed by atoms with Gasteiger partial charge in [-0.15, -0.1) is 0 Å². The van der Waals surface area contributed by atoms with E-state index in [-0.39, 0.29) is 18.1 Å². The highest BCUT2D eigenvalue weighted by Crippen LogP contribution is 2.22. The topological polar surface area (TPSA) is 55.1 Å². The second-order valence-corrected chi connectivity index (χ2v) is 4.37. The third-order valence-corrected chi connectivity index (χ3v) is 2.91. The number of furan rings is 1. The molecule has 20 heavy (non-hydrogen) atoms. The predicted molar refractivity (Wildman–Crippen MR) is 72.7 cm³/mol. The maximum Gasteiger partial charge on any atom is 0.228 e. The van der Waals surface area contributed by atoms with Gasteiger partial charge >= 0.3 is 0 Å². The van der Waals surface area contributed by atoms with Crippen LogP contribution in [0.2, 0.25) is 0 Å². The molecule has 3 aromatic rings. The lowest BCUT2D eigenvalue weighted by atomic mass is 10.1. The van der Waals surface area contributed by atoms with Gasteiger partial charge in [-0.25, -0.2) is 4.39 Å². The molecule has 1 amide bonds. The van der Waals surface area contributed by atoms with Gasteiger partial charge in [-0.1, -0.05) is 0 Å². The number of pyridine rings is 1. The van der Waals surface area contributed by atoms with Gasteiger partial charge in [0.05, 0.1) is 24.6 Å². The van der Waals surface area contributed by atoms with E-state index in [9.17, 15) is 9.18 Å². The fourth-order valence-corrected chi connectivity index (χ4v) is 2.01. The van der Waals surface area contributed by atoms with Crippen molar-refractivity contribution >= 4 is 22.6 Å². The number of fused-ring (bicyclic) bond motifs is 1. The number of aromatic nitrogens is 1. The van der Waals surface area contributed by atoms with Crippen LogP contribution < -0.4 is 5.32 Å². The zero-order valence-corrected chi connectivity index (χ0v) is 10.5. The van der Waals surface area contributed by atoms with Gasteiger partial charge in [-0.3, -0.25) is 9.78 Å². The van der Waals surface area contributed by atoms with E-state index < -0.39 is 0 Å². The van der Waals surface area contributed by atoms with Crippen molar-refractivity contribution in [3.05, 3.63) is 60.4 Å². The van der Waals surface area contributed by atoms with Gasteiger partial charge in [0.1, 0.15) is 11.4 Å². The lowest BCUT2D eigenvalue weighted by Crippen LogP contribution is -2.14. The van der Waals surface area contributed by atoms with Crippen molar-refractivity contribution in [2.45, 2.75) is 6.42 Å². The highest BCUT2D eigenvalue weighted by molar-refractivity contribution is 5.95. The Labute approximate surface area is 114 Å². The first kappa shape index (κ1) is 12.3. The number of benzene rings is 1. The number of nitrogens with zero attached hydrogens (tertiary/aromatic N) is 1. The molecule has 0 spiro atoms. The molecule has 0 saturated heterocycles. The summed E-state index contributed by atoms with van der Waals surface area (Å²) in [6, 6.07) is 7.72. The Balaban J connectivity index is 1.79. The van der Waals surface area contributed by atoms with Crippen LogP contribution in [0.4, 0.5) is 10.1 Å². The summed E-state index contributed by atoms with van der Waals surface area (Å²) in [4.78, 5) is 15.8. The van der Waals surface area contributed by atoms with Crippen LogP contribution in [0.15, 0.2) is 53.4 Å². The summed E-state index contributed by atoms with van der Waals surface area (Å²) in [5.41, 5.74) is 1.84. The first-order valence-electron chi connectivity index (χ1n) is 6.08. The molecule has 1 N–H and O–H groups in total. The molecule has 0 bridgehead atoms. The zero-order valence-electron chi connectivity index (χ0n) is 10.5. The average molecular weight is 270 g/mol. The fourth-order valence-electron chi connectivity index (χ4n) is 2.01. The van der Waals surface area contributed by atoms with E-state index in [1.54, 1.807) is 30.6 Å². The van der Waals surface area contributed by atoms with Gasteiger partial charge in [0.25, 0.3) is 0 Å². The molecule has 0 fully saturated rings.